The zero-order valence-electron chi connectivity index (χ0n) is 6.99. The van der Waals surface area contributed by atoms with E-state index in [0.29, 0.717) is 0 Å². The van der Waals surface area contributed by atoms with Crippen LogP contribution in [0.25, 0.3) is 0 Å². The van der Waals surface area contributed by atoms with Crippen molar-refractivity contribution in [2.45, 2.75) is 11.8 Å². The van der Waals surface area contributed by atoms with Gasteiger partial charge in [0.1, 0.15) is 0 Å². The topological polar surface area (TPSA) is 0 Å². The Morgan fingerprint density at radius 2 is 2.25 bits per heavy atom. The summed E-state index contributed by atoms with van der Waals surface area (Å²) in [6.07, 6.45) is 2.19. The molecule has 0 nitrogen and oxygen atoms in total. The van der Waals surface area contributed by atoms with E-state index in [1.165, 1.54) is 10.5 Å². The zero-order valence-corrected chi connectivity index (χ0v) is 7.88. The molecule has 1 heteroatoms. The lowest BCUT2D eigenvalue weighted by molar-refractivity contribution is 1.45. The Labute approximate surface area is 76.0 Å². The van der Waals surface area contributed by atoms with Crippen LogP contribution < -0.4 is 0 Å². The molecule has 1 aliphatic rings. The number of thiol groups is 1. The first-order valence-corrected chi connectivity index (χ1v) is 5.46. The lowest BCUT2D eigenvalue weighted by atomic mass is 10.4. The van der Waals surface area contributed by atoms with E-state index in [1.807, 2.05) is 12.1 Å². The average molecular weight is 175 g/mol. The third-order valence-electron chi connectivity index (χ3n) is 1.81. The average Bonchev–Trinajstić information content (AvgIpc) is 2.54. The lowest BCUT2D eigenvalue weighted by Gasteiger charge is -2.08. The Hall–Kier alpha value is -0.950. The van der Waals surface area contributed by atoms with E-state index in [-0.39, 0.29) is 10.9 Å². The molecule has 1 aromatic carbocycles. The number of allylic oxidation sites excluding steroid dienone is 2. The summed E-state index contributed by atoms with van der Waals surface area (Å²) in [6.45, 7) is 2.14. The van der Waals surface area contributed by atoms with E-state index < -0.39 is 0 Å². The summed E-state index contributed by atoms with van der Waals surface area (Å²) in [5, 5.41) is 4.59. The van der Waals surface area contributed by atoms with Crippen molar-refractivity contribution in [1.29, 1.82) is 0 Å². The second-order valence-electron chi connectivity index (χ2n) is 2.84. The third-order valence-corrected chi connectivity index (χ3v) is 3.80. The Balaban J connectivity index is 2.29. The van der Waals surface area contributed by atoms with Crippen LogP contribution in [0.5, 0.6) is 0 Å². The highest BCUT2D eigenvalue weighted by atomic mass is 32.2. The van der Waals surface area contributed by atoms with Gasteiger partial charge in [-0.05, 0) is 35.4 Å². The molecule has 0 bridgehead atoms. The number of benzene rings is 1. The molecule has 0 saturated carbocycles. The number of hydrogen-bond acceptors (Lipinski definition) is 0. The SMILES string of the molecule is CC1=C[SH](c2[c]cccc2)C=C1. The predicted octanol–water partition coefficient (Wildman–Crippen LogP) is 3.28. The molecule has 61 valence electrons. The van der Waals surface area contributed by atoms with Crippen LogP contribution in [0.15, 0.2) is 51.6 Å². The Morgan fingerprint density at radius 1 is 1.33 bits per heavy atom. The summed E-state index contributed by atoms with van der Waals surface area (Å²) >= 11 is 0. The van der Waals surface area contributed by atoms with Crippen molar-refractivity contribution in [1.82, 2.24) is 0 Å². The molecule has 0 fully saturated rings. The summed E-state index contributed by atoms with van der Waals surface area (Å²) in [7, 11) is -0.178. The largest absolute Gasteiger partial charge is 0.185 e. The van der Waals surface area contributed by atoms with Crippen LogP contribution in [0, 0.1) is 6.07 Å². The van der Waals surface area contributed by atoms with Gasteiger partial charge >= 0.3 is 0 Å². The van der Waals surface area contributed by atoms with Crippen LogP contribution in [0.3, 0.4) is 0 Å². The summed E-state index contributed by atoms with van der Waals surface area (Å²) in [5.41, 5.74) is 1.37. The Bertz CT molecular complexity index is 322. The second-order valence-corrected chi connectivity index (χ2v) is 4.70. The van der Waals surface area contributed by atoms with Crippen molar-refractivity contribution in [2.24, 2.45) is 0 Å². The molecule has 12 heavy (non-hydrogen) atoms. The number of rotatable bonds is 1. The van der Waals surface area contributed by atoms with E-state index in [0.717, 1.165) is 0 Å². The van der Waals surface area contributed by atoms with Crippen molar-refractivity contribution in [3.8, 4) is 0 Å². The highest BCUT2D eigenvalue weighted by Gasteiger charge is 2.04. The third kappa shape index (κ3) is 1.46. The minimum atomic E-state index is -0.178. The van der Waals surface area contributed by atoms with E-state index in [4.69, 9.17) is 0 Å². The van der Waals surface area contributed by atoms with Gasteiger partial charge in [0.05, 0.1) is 0 Å². The first-order valence-electron chi connectivity index (χ1n) is 3.98. The highest BCUT2D eigenvalue weighted by molar-refractivity contribution is 8.22. The van der Waals surface area contributed by atoms with Crippen molar-refractivity contribution >= 4 is 10.9 Å². The van der Waals surface area contributed by atoms with Crippen LogP contribution in [0.2, 0.25) is 0 Å². The lowest BCUT2D eigenvalue weighted by Crippen LogP contribution is -1.72. The molecule has 0 aliphatic carbocycles. The van der Waals surface area contributed by atoms with Crippen molar-refractivity contribution in [2.75, 3.05) is 0 Å². The minimum absolute atomic E-state index is 0.178. The standard InChI is InChI=1S/C11H11S/c1-10-7-8-12(9-10)11-5-3-2-4-6-11/h2-5,7-9,12H,1H3. The highest BCUT2D eigenvalue weighted by Crippen LogP contribution is 2.43. The van der Waals surface area contributed by atoms with Gasteiger partial charge in [0.25, 0.3) is 0 Å². The molecule has 0 amide bonds. The summed E-state index contributed by atoms with van der Waals surface area (Å²) in [6, 6.07) is 11.5. The van der Waals surface area contributed by atoms with Crippen molar-refractivity contribution in [3.63, 3.8) is 0 Å². The number of hydrogen-bond donors (Lipinski definition) is 1. The van der Waals surface area contributed by atoms with Gasteiger partial charge in [-0.2, -0.15) is 10.9 Å². The summed E-state index contributed by atoms with van der Waals surface area (Å²) in [5.74, 6) is 0. The molecule has 0 saturated heterocycles. The second kappa shape index (κ2) is 3.20. The molecule has 0 spiro atoms. The van der Waals surface area contributed by atoms with Gasteiger partial charge in [0, 0.05) is 4.90 Å². The van der Waals surface area contributed by atoms with Gasteiger partial charge in [-0.1, -0.05) is 24.3 Å². The maximum absolute atomic E-state index is 3.26. The van der Waals surface area contributed by atoms with Crippen LogP contribution in [0.4, 0.5) is 0 Å². The van der Waals surface area contributed by atoms with E-state index in [9.17, 15) is 0 Å². The smallest absolute Gasteiger partial charge is 0.00241 e. The van der Waals surface area contributed by atoms with Crippen LogP contribution in [-0.2, 0) is 0 Å². The maximum atomic E-state index is 3.26. The van der Waals surface area contributed by atoms with Gasteiger partial charge in [-0.3, -0.25) is 0 Å². The molecule has 0 aromatic heterocycles. The fraction of sp³-hybridized carbons (Fsp3) is 0.0909. The summed E-state index contributed by atoms with van der Waals surface area (Å²) in [4.78, 5) is 1.32. The molecule has 0 N–H and O–H groups in total. The molecule has 1 atom stereocenters. The Morgan fingerprint density at radius 3 is 2.83 bits per heavy atom. The Kier molecular flexibility index (Phi) is 2.05. The van der Waals surface area contributed by atoms with Gasteiger partial charge in [-0.25, -0.2) is 0 Å². The molecular formula is C11H11S. The fourth-order valence-electron chi connectivity index (χ4n) is 1.20. The van der Waals surface area contributed by atoms with E-state index >= 15 is 0 Å². The van der Waals surface area contributed by atoms with Crippen molar-refractivity contribution in [3.05, 3.63) is 52.8 Å². The van der Waals surface area contributed by atoms with Crippen LogP contribution >= 0.6 is 10.9 Å². The molecular weight excluding hydrogens is 164 g/mol. The normalized spacial score (nSPS) is 24.1. The van der Waals surface area contributed by atoms with Crippen molar-refractivity contribution < 1.29 is 0 Å². The molecule has 1 heterocycles. The van der Waals surface area contributed by atoms with Gasteiger partial charge in [-0.15, -0.1) is 0 Å². The fourth-order valence-corrected chi connectivity index (χ4v) is 2.99. The first-order chi connectivity index (χ1) is 5.86. The quantitative estimate of drug-likeness (QED) is 0.622. The van der Waals surface area contributed by atoms with Gasteiger partial charge in [0.15, 0.2) is 0 Å². The molecule has 1 aliphatic heterocycles. The van der Waals surface area contributed by atoms with Gasteiger partial charge < -0.3 is 0 Å². The maximum Gasteiger partial charge on any atom is 0.00241 e. The molecule has 1 unspecified atom stereocenters. The molecule has 2 rings (SSSR count). The minimum Gasteiger partial charge on any atom is -0.185 e. The van der Waals surface area contributed by atoms with E-state index in [1.54, 1.807) is 0 Å². The molecule has 1 radical (unpaired) electrons. The van der Waals surface area contributed by atoms with Gasteiger partial charge in [0.2, 0.25) is 0 Å². The first kappa shape index (κ1) is 7.69. The van der Waals surface area contributed by atoms with Crippen LogP contribution in [-0.4, -0.2) is 0 Å². The monoisotopic (exact) mass is 175 g/mol. The van der Waals surface area contributed by atoms with Crippen LogP contribution in [0.1, 0.15) is 6.92 Å². The summed E-state index contributed by atoms with van der Waals surface area (Å²) < 4.78 is 0. The zero-order chi connectivity index (χ0) is 8.39. The predicted molar refractivity (Wildman–Crippen MR) is 55.4 cm³/mol. The molecule has 1 aromatic rings. The van der Waals surface area contributed by atoms with E-state index in [2.05, 4.69) is 42.0 Å².